The zero-order valence-corrected chi connectivity index (χ0v) is 10.1. The second-order valence-corrected chi connectivity index (χ2v) is 3.81. The summed E-state index contributed by atoms with van der Waals surface area (Å²) in [6.45, 7) is -0.121. The van der Waals surface area contributed by atoms with Crippen molar-refractivity contribution in [3.05, 3.63) is 46.3 Å². The molecular weight excluding hydrogens is 246 g/mol. The smallest absolute Gasteiger partial charge is 0.404 e. The van der Waals surface area contributed by atoms with Crippen LogP contribution in [0.25, 0.3) is 10.4 Å². The Kier molecular flexibility index (Phi) is 5.73. The summed E-state index contributed by atoms with van der Waals surface area (Å²) in [6.07, 6.45) is -1.46. The van der Waals surface area contributed by atoms with E-state index in [2.05, 4.69) is 10.0 Å². The molecule has 2 N–H and O–H groups in total. The zero-order chi connectivity index (χ0) is 14.1. The Morgan fingerprint density at radius 1 is 1.53 bits per heavy atom. The number of nitriles is 1. The second kappa shape index (κ2) is 7.58. The molecule has 2 atom stereocenters. The van der Waals surface area contributed by atoms with Crippen LogP contribution in [0.5, 0.6) is 0 Å². The van der Waals surface area contributed by atoms with E-state index in [1.807, 2.05) is 36.4 Å². The van der Waals surface area contributed by atoms with E-state index in [0.717, 1.165) is 5.56 Å². The average Bonchev–Trinajstić information content (AvgIpc) is 2.41. The lowest BCUT2D eigenvalue weighted by atomic mass is 9.95. The van der Waals surface area contributed by atoms with E-state index in [9.17, 15) is 4.79 Å². The molecule has 0 saturated heterocycles. The highest BCUT2D eigenvalue weighted by Crippen LogP contribution is 2.15. The first kappa shape index (κ1) is 14.4. The van der Waals surface area contributed by atoms with Gasteiger partial charge in [0.05, 0.1) is 18.5 Å². The quantitative estimate of drug-likeness (QED) is 0.477. The van der Waals surface area contributed by atoms with Crippen LogP contribution in [0, 0.1) is 17.2 Å². The van der Waals surface area contributed by atoms with Crippen molar-refractivity contribution in [1.82, 2.24) is 0 Å². The van der Waals surface area contributed by atoms with Crippen molar-refractivity contribution in [1.29, 1.82) is 5.26 Å². The average molecular weight is 259 g/mol. The number of amides is 1. The molecule has 1 amide bonds. The fourth-order valence-electron chi connectivity index (χ4n) is 1.64. The van der Waals surface area contributed by atoms with Gasteiger partial charge in [-0.2, -0.15) is 5.26 Å². The van der Waals surface area contributed by atoms with Crippen molar-refractivity contribution in [3.63, 3.8) is 0 Å². The SMILES string of the molecule is N#CC(Cc1ccccc1)C(CN=[N+]=[N-])OC(N)=O. The summed E-state index contributed by atoms with van der Waals surface area (Å²) in [7, 11) is 0. The number of hydrogen-bond acceptors (Lipinski definition) is 4. The minimum atomic E-state index is -0.994. The molecule has 0 aliphatic heterocycles. The van der Waals surface area contributed by atoms with Crippen LogP contribution < -0.4 is 5.73 Å². The molecule has 0 aliphatic carbocycles. The number of nitrogens with two attached hydrogens (primary N) is 1. The van der Waals surface area contributed by atoms with Crippen LogP contribution >= 0.6 is 0 Å². The first-order chi connectivity index (χ1) is 9.17. The molecule has 0 aromatic heterocycles. The van der Waals surface area contributed by atoms with Gasteiger partial charge in [0.2, 0.25) is 0 Å². The molecule has 0 radical (unpaired) electrons. The van der Waals surface area contributed by atoms with Gasteiger partial charge in [-0.15, -0.1) is 0 Å². The van der Waals surface area contributed by atoms with Gasteiger partial charge < -0.3 is 10.5 Å². The monoisotopic (exact) mass is 259 g/mol. The van der Waals surface area contributed by atoms with Crippen LogP contribution in [0.2, 0.25) is 0 Å². The van der Waals surface area contributed by atoms with E-state index in [0.29, 0.717) is 6.42 Å². The van der Waals surface area contributed by atoms with Crippen LogP contribution in [0.1, 0.15) is 5.56 Å². The van der Waals surface area contributed by atoms with Gasteiger partial charge in [-0.1, -0.05) is 35.4 Å². The van der Waals surface area contributed by atoms with Gasteiger partial charge in [-0.05, 0) is 17.5 Å². The molecule has 2 unspecified atom stereocenters. The highest BCUT2D eigenvalue weighted by molar-refractivity contribution is 5.64. The first-order valence-electron chi connectivity index (χ1n) is 5.58. The number of carbonyl (C=O) groups excluding carboxylic acids is 1. The molecule has 7 heteroatoms. The van der Waals surface area contributed by atoms with Gasteiger partial charge >= 0.3 is 6.09 Å². The summed E-state index contributed by atoms with van der Waals surface area (Å²) in [6, 6.07) is 11.3. The molecule has 0 fully saturated rings. The molecule has 0 aliphatic rings. The van der Waals surface area contributed by atoms with Crippen LogP contribution in [0.15, 0.2) is 35.4 Å². The lowest BCUT2D eigenvalue weighted by molar-refractivity contribution is 0.0883. The standard InChI is InChI=1S/C12H13N5O2/c13-7-10(6-9-4-2-1-3-5-9)11(8-16-17-15)19-12(14)18/h1-5,10-11H,6,8H2,(H2,14,18). The summed E-state index contributed by atoms with van der Waals surface area (Å²) in [5.74, 6) is -0.625. The molecule has 1 aromatic carbocycles. The minimum absolute atomic E-state index is 0.121. The number of azide groups is 1. The molecule has 0 bridgehead atoms. The van der Waals surface area contributed by atoms with Gasteiger partial charge in [0, 0.05) is 4.91 Å². The maximum Gasteiger partial charge on any atom is 0.404 e. The van der Waals surface area contributed by atoms with Gasteiger partial charge in [0.25, 0.3) is 0 Å². The summed E-state index contributed by atoms with van der Waals surface area (Å²) in [4.78, 5) is 13.4. The van der Waals surface area contributed by atoms with Crippen molar-refractivity contribution in [2.24, 2.45) is 16.8 Å². The minimum Gasteiger partial charge on any atom is -0.445 e. The molecule has 98 valence electrons. The molecule has 1 rings (SSSR count). The molecule has 0 heterocycles. The lowest BCUT2D eigenvalue weighted by Crippen LogP contribution is -2.32. The second-order valence-electron chi connectivity index (χ2n) is 3.81. The van der Waals surface area contributed by atoms with E-state index < -0.39 is 18.1 Å². The number of carbonyl (C=O) groups is 1. The van der Waals surface area contributed by atoms with E-state index in [1.165, 1.54) is 0 Å². The van der Waals surface area contributed by atoms with Crippen molar-refractivity contribution in [2.75, 3.05) is 6.54 Å². The highest BCUT2D eigenvalue weighted by Gasteiger charge is 2.24. The number of primary amides is 1. The van der Waals surface area contributed by atoms with Crippen LogP contribution in [-0.2, 0) is 11.2 Å². The maximum atomic E-state index is 10.8. The summed E-state index contributed by atoms with van der Waals surface area (Å²) in [5.41, 5.74) is 14.2. The van der Waals surface area contributed by atoms with Crippen molar-refractivity contribution in [3.8, 4) is 6.07 Å². The zero-order valence-electron chi connectivity index (χ0n) is 10.1. The predicted octanol–water partition coefficient (Wildman–Crippen LogP) is 2.14. The Labute approximate surface area is 110 Å². The number of ether oxygens (including phenoxy) is 1. The third kappa shape index (κ3) is 4.98. The number of benzene rings is 1. The normalized spacial score (nSPS) is 12.6. The lowest BCUT2D eigenvalue weighted by Gasteiger charge is -2.19. The molecule has 19 heavy (non-hydrogen) atoms. The van der Waals surface area contributed by atoms with Gasteiger partial charge in [0.15, 0.2) is 0 Å². The van der Waals surface area contributed by atoms with Crippen LogP contribution in [-0.4, -0.2) is 18.7 Å². The van der Waals surface area contributed by atoms with Gasteiger partial charge in [-0.3, -0.25) is 0 Å². The van der Waals surface area contributed by atoms with Gasteiger partial charge in [0.1, 0.15) is 6.10 Å². The Morgan fingerprint density at radius 3 is 2.74 bits per heavy atom. The van der Waals surface area contributed by atoms with E-state index in [1.54, 1.807) is 0 Å². The largest absolute Gasteiger partial charge is 0.445 e. The molecule has 1 aromatic rings. The molecule has 7 nitrogen and oxygen atoms in total. The summed E-state index contributed by atoms with van der Waals surface area (Å²) >= 11 is 0. The molecular formula is C12H13N5O2. The maximum absolute atomic E-state index is 10.8. The fraction of sp³-hybridized carbons (Fsp3) is 0.333. The van der Waals surface area contributed by atoms with Crippen molar-refractivity contribution in [2.45, 2.75) is 12.5 Å². The van der Waals surface area contributed by atoms with E-state index in [-0.39, 0.29) is 6.54 Å². The Hall–Kier alpha value is -2.71. The highest BCUT2D eigenvalue weighted by atomic mass is 16.6. The third-order valence-electron chi connectivity index (χ3n) is 2.51. The first-order valence-corrected chi connectivity index (χ1v) is 5.58. The summed E-state index contributed by atoms with van der Waals surface area (Å²) < 4.78 is 4.83. The third-order valence-corrected chi connectivity index (χ3v) is 2.51. The predicted molar refractivity (Wildman–Crippen MR) is 67.7 cm³/mol. The number of rotatable bonds is 6. The van der Waals surface area contributed by atoms with Crippen molar-refractivity contribution < 1.29 is 9.53 Å². The van der Waals surface area contributed by atoms with Gasteiger partial charge in [-0.25, -0.2) is 4.79 Å². The fourth-order valence-corrected chi connectivity index (χ4v) is 1.64. The Bertz CT molecular complexity index is 501. The Morgan fingerprint density at radius 2 is 2.21 bits per heavy atom. The number of nitrogens with zero attached hydrogens (tertiary/aromatic N) is 4. The topological polar surface area (TPSA) is 125 Å². The molecule has 0 saturated carbocycles. The number of hydrogen-bond donors (Lipinski definition) is 1. The van der Waals surface area contributed by atoms with Crippen molar-refractivity contribution >= 4 is 6.09 Å². The van der Waals surface area contributed by atoms with E-state index >= 15 is 0 Å². The Balaban J connectivity index is 2.80. The van der Waals surface area contributed by atoms with E-state index in [4.69, 9.17) is 21.3 Å². The summed E-state index contributed by atoms with van der Waals surface area (Å²) in [5, 5.41) is 12.5. The molecule has 0 spiro atoms. The van der Waals surface area contributed by atoms with Crippen LogP contribution in [0.3, 0.4) is 0 Å². The van der Waals surface area contributed by atoms with Crippen LogP contribution in [0.4, 0.5) is 4.79 Å².